The number of aromatic nitrogens is 1. The van der Waals surface area contributed by atoms with E-state index in [0.717, 1.165) is 22.6 Å². The molecule has 5 heteroatoms. The average Bonchev–Trinajstić information content (AvgIpc) is 2.41. The van der Waals surface area contributed by atoms with Crippen LogP contribution in [0, 0.1) is 0 Å². The molecule has 0 aliphatic carbocycles. The van der Waals surface area contributed by atoms with Crippen molar-refractivity contribution in [3.8, 4) is 16.9 Å². The lowest BCUT2D eigenvalue weighted by Crippen LogP contribution is -3.00. The molecular formula is C14H15IN2O2. The topological polar surface area (TPSA) is 45.7 Å². The number of methoxy groups -OCH3 is 1. The molecule has 0 saturated carbocycles. The lowest BCUT2D eigenvalue weighted by atomic mass is 10.0. The highest BCUT2D eigenvalue weighted by atomic mass is 127. The Morgan fingerprint density at radius 2 is 2.00 bits per heavy atom. The van der Waals surface area contributed by atoms with Gasteiger partial charge in [-0.1, -0.05) is 23.4 Å². The molecule has 100 valence electrons. The van der Waals surface area contributed by atoms with Gasteiger partial charge in [0.25, 0.3) is 0 Å². The molecule has 1 heterocycles. The van der Waals surface area contributed by atoms with E-state index in [0.29, 0.717) is 0 Å². The van der Waals surface area contributed by atoms with Gasteiger partial charge in [0.2, 0.25) is 5.69 Å². The minimum Gasteiger partial charge on any atom is -1.00 e. The van der Waals surface area contributed by atoms with Gasteiger partial charge in [0.05, 0.1) is 7.11 Å². The standard InChI is InChI=1S/C14H14N2O2.HI/c1-16-8-7-11(9-12(16)10-15-17)13-5-3-4-6-14(13)18-2;/h3-10H,1-2H3;1H. The Morgan fingerprint density at radius 1 is 1.26 bits per heavy atom. The van der Waals surface area contributed by atoms with Crippen LogP contribution in [0.3, 0.4) is 0 Å². The van der Waals surface area contributed by atoms with E-state index in [1.165, 1.54) is 6.21 Å². The number of ether oxygens (including phenoxy) is 1. The number of nitrogens with zero attached hydrogens (tertiary/aromatic N) is 2. The summed E-state index contributed by atoms with van der Waals surface area (Å²) in [7, 11) is 3.54. The van der Waals surface area contributed by atoms with Gasteiger partial charge in [0.15, 0.2) is 6.20 Å². The zero-order valence-electron chi connectivity index (χ0n) is 10.7. The van der Waals surface area contributed by atoms with Gasteiger partial charge in [0, 0.05) is 17.7 Å². The molecule has 0 atom stereocenters. The first-order chi connectivity index (χ1) is 8.76. The summed E-state index contributed by atoms with van der Waals surface area (Å²) < 4.78 is 7.21. The molecule has 0 saturated heterocycles. The van der Waals surface area contributed by atoms with Crippen molar-refractivity contribution < 1.29 is 38.5 Å². The lowest BCUT2D eigenvalue weighted by Gasteiger charge is -2.07. The second-order valence-electron chi connectivity index (χ2n) is 3.90. The van der Waals surface area contributed by atoms with Crippen LogP contribution in [-0.4, -0.2) is 18.5 Å². The number of benzene rings is 1. The Bertz CT molecular complexity index is 585. The number of para-hydroxylation sites is 1. The number of hydrogen-bond acceptors (Lipinski definition) is 3. The van der Waals surface area contributed by atoms with Crippen LogP contribution in [0.15, 0.2) is 47.8 Å². The Labute approximate surface area is 129 Å². The Hall–Kier alpha value is -1.63. The van der Waals surface area contributed by atoms with Gasteiger partial charge in [-0.2, -0.15) is 0 Å². The van der Waals surface area contributed by atoms with E-state index in [4.69, 9.17) is 9.94 Å². The number of rotatable bonds is 3. The summed E-state index contributed by atoms with van der Waals surface area (Å²) in [4.78, 5) is 0. The first kappa shape index (κ1) is 15.4. The van der Waals surface area contributed by atoms with Crippen molar-refractivity contribution in [1.82, 2.24) is 0 Å². The number of pyridine rings is 1. The van der Waals surface area contributed by atoms with Crippen LogP contribution < -0.4 is 33.3 Å². The van der Waals surface area contributed by atoms with E-state index < -0.39 is 0 Å². The van der Waals surface area contributed by atoms with Gasteiger partial charge in [-0.25, -0.2) is 4.57 Å². The van der Waals surface area contributed by atoms with Gasteiger partial charge in [-0.3, -0.25) is 0 Å². The zero-order chi connectivity index (χ0) is 13.0. The summed E-state index contributed by atoms with van der Waals surface area (Å²) in [5, 5.41) is 11.7. The van der Waals surface area contributed by atoms with Gasteiger partial charge < -0.3 is 33.9 Å². The van der Waals surface area contributed by atoms with E-state index in [1.54, 1.807) is 7.11 Å². The molecule has 1 N–H and O–H groups in total. The molecule has 0 aliphatic rings. The fraction of sp³-hybridized carbons (Fsp3) is 0.143. The number of oxime groups is 1. The molecule has 0 aliphatic heterocycles. The highest BCUT2D eigenvalue weighted by molar-refractivity contribution is 5.79. The highest BCUT2D eigenvalue weighted by Gasteiger charge is 2.10. The molecule has 0 radical (unpaired) electrons. The second-order valence-corrected chi connectivity index (χ2v) is 3.90. The summed E-state index contributed by atoms with van der Waals surface area (Å²) in [6, 6.07) is 11.7. The van der Waals surface area contributed by atoms with Crippen molar-refractivity contribution >= 4 is 6.21 Å². The molecule has 19 heavy (non-hydrogen) atoms. The summed E-state index contributed by atoms with van der Waals surface area (Å²) in [6.45, 7) is 0. The van der Waals surface area contributed by atoms with E-state index in [2.05, 4.69) is 5.16 Å². The Morgan fingerprint density at radius 3 is 2.68 bits per heavy atom. The highest BCUT2D eigenvalue weighted by Crippen LogP contribution is 2.28. The SMILES string of the molecule is COc1ccccc1-c1cc[n+](C)c(/C=N/O)c1.[I-]. The number of aryl methyl sites for hydroxylation is 1. The Kier molecular flexibility index (Phi) is 5.75. The van der Waals surface area contributed by atoms with Crippen LogP contribution in [0.1, 0.15) is 5.69 Å². The molecule has 2 rings (SSSR count). The predicted octanol–water partition coefficient (Wildman–Crippen LogP) is -1.00. The second kappa shape index (κ2) is 7.08. The first-order valence-corrected chi connectivity index (χ1v) is 5.56. The third kappa shape index (κ3) is 3.44. The monoisotopic (exact) mass is 370 g/mol. The fourth-order valence-electron chi connectivity index (χ4n) is 1.83. The Balaban J connectivity index is 0.00000180. The summed E-state index contributed by atoms with van der Waals surface area (Å²) in [5.74, 6) is 0.818. The van der Waals surface area contributed by atoms with Gasteiger partial charge in [-0.05, 0) is 11.6 Å². The molecular weight excluding hydrogens is 355 g/mol. The first-order valence-electron chi connectivity index (χ1n) is 5.56. The summed E-state index contributed by atoms with van der Waals surface area (Å²) in [6.07, 6.45) is 3.32. The van der Waals surface area contributed by atoms with Crippen LogP contribution in [-0.2, 0) is 7.05 Å². The van der Waals surface area contributed by atoms with E-state index in [-0.39, 0.29) is 24.0 Å². The van der Waals surface area contributed by atoms with Crippen LogP contribution in [0.25, 0.3) is 11.1 Å². The van der Waals surface area contributed by atoms with E-state index in [9.17, 15) is 0 Å². The molecule has 0 bridgehead atoms. The maximum atomic E-state index is 8.64. The molecule has 0 spiro atoms. The third-order valence-corrected chi connectivity index (χ3v) is 2.80. The molecule has 1 aromatic heterocycles. The predicted molar refractivity (Wildman–Crippen MR) is 69.0 cm³/mol. The van der Waals surface area contributed by atoms with Crippen LogP contribution >= 0.6 is 0 Å². The minimum absolute atomic E-state index is 0. The smallest absolute Gasteiger partial charge is 0.227 e. The van der Waals surface area contributed by atoms with Gasteiger partial charge in [-0.15, -0.1) is 0 Å². The third-order valence-electron chi connectivity index (χ3n) is 2.80. The van der Waals surface area contributed by atoms with Gasteiger partial charge in [0.1, 0.15) is 19.0 Å². The lowest BCUT2D eigenvalue weighted by molar-refractivity contribution is -0.672. The largest absolute Gasteiger partial charge is 1.00 e. The van der Waals surface area contributed by atoms with Crippen molar-refractivity contribution in [1.29, 1.82) is 0 Å². The average molecular weight is 370 g/mol. The number of halogens is 1. The van der Waals surface area contributed by atoms with Crippen LogP contribution in [0.2, 0.25) is 0 Å². The summed E-state index contributed by atoms with van der Waals surface area (Å²) in [5.41, 5.74) is 2.83. The zero-order valence-corrected chi connectivity index (χ0v) is 12.9. The molecule has 1 aromatic carbocycles. The van der Waals surface area contributed by atoms with Crippen molar-refractivity contribution in [3.63, 3.8) is 0 Å². The molecule has 0 fully saturated rings. The van der Waals surface area contributed by atoms with Gasteiger partial charge >= 0.3 is 0 Å². The van der Waals surface area contributed by atoms with Crippen LogP contribution in [0.4, 0.5) is 0 Å². The summed E-state index contributed by atoms with van der Waals surface area (Å²) >= 11 is 0. The normalized spacial score (nSPS) is 10.2. The van der Waals surface area contributed by atoms with Crippen molar-refractivity contribution in [2.45, 2.75) is 0 Å². The maximum absolute atomic E-state index is 8.64. The fourth-order valence-corrected chi connectivity index (χ4v) is 1.83. The molecule has 0 unspecified atom stereocenters. The molecule has 0 amide bonds. The van der Waals surface area contributed by atoms with Crippen molar-refractivity contribution in [2.75, 3.05) is 7.11 Å². The van der Waals surface area contributed by atoms with E-state index >= 15 is 0 Å². The molecule has 4 nitrogen and oxygen atoms in total. The maximum Gasteiger partial charge on any atom is 0.227 e. The quantitative estimate of drug-likeness (QED) is 0.248. The number of hydrogen-bond donors (Lipinski definition) is 1. The molecule has 2 aromatic rings. The van der Waals surface area contributed by atoms with Crippen molar-refractivity contribution in [3.05, 3.63) is 48.3 Å². The van der Waals surface area contributed by atoms with E-state index in [1.807, 2.05) is 54.2 Å². The minimum atomic E-state index is 0. The van der Waals surface area contributed by atoms with Crippen LogP contribution in [0.5, 0.6) is 5.75 Å². The van der Waals surface area contributed by atoms with Crippen molar-refractivity contribution in [2.24, 2.45) is 12.2 Å².